The summed E-state index contributed by atoms with van der Waals surface area (Å²) < 4.78 is 3.67. The van der Waals surface area contributed by atoms with Crippen molar-refractivity contribution in [3.63, 3.8) is 0 Å². The van der Waals surface area contributed by atoms with E-state index in [1.54, 1.807) is 18.0 Å². The molecule has 2 atom stereocenters. The highest BCUT2D eigenvalue weighted by Crippen LogP contribution is 2.46. The maximum absolute atomic E-state index is 13.8. The fourth-order valence-electron chi connectivity index (χ4n) is 6.00. The maximum Gasteiger partial charge on any atom is 0.326 e. The number of nitrogens with one attached hydrogen (secondary N) is 1. The Kier molecular flexibility index (Phi) is 7.75. The van der Waals surface area contributed by atoms with Crippen LogP contribution in [0.1, 0.15) is 56.5 Å². The Bertz CT molecular complexity index is 1580. The number of para-hydroxylation sites is 3. The van der Waals surface area contributed by atoms with Gasteiger partial charge in [0.2, 0.25) is 11.8 Å². The van der Waals surface area contributed by atoms with Crippen LogP contribution in [-0.2, 0) is 9.59 Å². The third-order valence-corrected chi connectivity index (χ3v) is 9.67. The fourth-order valence-corrected chi connectivity index (χ4v) is 7.51. The molecule has 2 aliphatic rings. The first-order valence-electron chi connectivity index (χ1n) is 14.4. The number of hydrogen-bond acceptors (Lipinski definition) is 5. The van der Waals surface area contributed by atoms with Crippen LogP contribution in [0.4, 0.5) is 0 Å². The van der Waals surface area contributed by atoms with Crippen LogP contribution < -0.4 is 5.69 Å². The number of rotatable bonds is 8. The first kappa shape index (κ1) is 27.4. The second kappa shape index (κ2) is 11.6. The van der Waals surface area contributed by atoms with Crippen molar-refractivity contribution in [1.82, 2.24) is 29.1 Å². The summed E-state index contributed by atoms with van der Waals surface area (Å²) in [7, 11) is 0. The minimum Gasteiger partial charge on any atom is -0.342 e. The highest BCUT2D eigenvalue weighted by atomic mass is 32.2. The molecule has 0 aliphatic carbocycles. The molecule has 0 radical (unpaired) electrons. The van der Waals surface area contributed by atoms with E-state index in [-0.39, 0.29) is 35.3 Å². The standard InChI is InChI=1S/C31H36N6O3S/c1-21(2)12-19-35-29(39)27(41-30(35)23-8-3-5-10-25(23)36-16-7-15-32-36)20-28(38)34-17-13-22(14-18-34)37-26-11-6-4-9-24(26)33-31(37)40/h3-11,15-16,21-22,27,30H,12-14,17-20H2,1-2H3,(H,33,40). The van der Waals surface area contributed by atoms with Crippen LogP contribution in [0, 0.1) is 5.92 Å². The number of H-pyrrole nitrogens is 1. The maximum atomic E-state index is 13.8. The topological polar surface area (TPSA) is 96.2 Å². The van der Waals surface area contributed by atoms with E-state index < -0.39 is 5.25 Å². The highest BCUT2D eigenvalue weighted by molar-refractivity contribution is 8.01. The van der Waals surface area contributed by atoms with Gasteiger partial charge in [-0.1, -0.05) is 44.2 Å². The summed E-state index contributed by atoms with van der Waals surface area (Å²) in [6, 6.07) is 17.7. The number of amides is 2. The van der Waals surface area contributed by atoms with Gasteiger partial charge in [0.15, 0.2) is 0 Å². The van der Waals surface area contributed by atoms with Gasteiger partial charge in [0.1, 0.15) is 5.37 Å². The Morgan fingerprint density at radius 1 is 1.05 bits per heavy atom. The average molecular weight is 573 g/mol. The monoisotopic (exact) mass is 572 g/mol. The Morgan fingerprint density at radius 3 is 2.56 bits per heavy atom. The lowest BCUT2D eigenvalue weighted by molar-refractivity contribution is -0.136. The van der Waals surface area contributed by atoms with E-state index in [0.29, 0.717) is 38.4 Å². The Labute approximate surface area is 243 Å². The van der Waals surface area contributed by atoms with Crippen molar-refractivity contribution < 1.29 is 9.59 Å². The normalized spacial score (nSPS) is 20.0. The lowest BCUT2D eigenvalue weighted by Gasteiger charge is -2.33. The molecule has 0 spiro atoms. The quantitative estimate of drug-likeness (QED) is 0.329. The third kappa shape index (κ3) is 5.45. The summed E-state index contributed by atoms with van der Waals surface area (Å²) in [6.45, 7) is 6.12. The molecule has 0 bridgehead atoms. The molecule has 2 aliphatic heterocycles. The van der Waals surface area contributed by atoms with Gasteiger partial charge < -0.3 is 14.8 Å². The summed E-state index contributed by atoms with van der Waals surface area (Å²) >= 11 is 1.58. The van der Waals surface area contributed by atoms with Gasteiger partial charge in [-0.2, -0.15) is 5.10 Å². The summed E-state index contributed by atoms with van der Waals surface area (Å²) in [6.07, 6.45) is 6.15. The summed E-state index contributed by atoms with van der Waals surface area (Å²) in [5, 5.41) is 3.82. The van der Waals surface area contributed by atoms with Gasteiger partial charge in [-0.15, -0.1) is 11.8 Å². The van der Waals surface area contributed by atoms with E-state index in [0.717, 1.165) is 28.7 Å². The molecule has 2 aromatic heterocycles. The SMILES string of the molecule is CC(C)CCN1C(=O)C(CC(=O)N2CCC(n3c(=O)[nH]c4ccccc43)CC2)SC1c1ccccc1-n1cccn1. The van der Waals surface area contributed by atoms with Crippen LogP contribution in [0.15, 0.2) is 71.8 Å². The number of carbonyl (C=O) groups excluding carboxylic acids is 2. The van der Waals surface area contributed by atoms with Gasteiger partial charge in [0.05, 0.1) is 22.0 Å². The number of nitrogens with zero attached hydrogens (tertiary/aromatic N) is 5. The lowest BCUT2D eigenvalue weighted by atomic mass is 10.0. The van der Waals surface area contributed by atoms with Crippen molar-refractivity contribution in [2.45, 2.75) is 56.2 Å². The Balaban J connectivity index is 1.16. The van der Waals surface area contributed by atoms with E-state index in [2.05, 4.69) is 30.0 Å². The van der Waals surface area contributed by atoms with E-state index >= 15 is 0 Å². The highest BCUT2D eigenvalue weighted by Gasteiger charge is 2.43. The molecule has 6 rings (SSSR count). The predicted octanol–water partition coefficient (Wildman–Crippen LogP) is 4.76. The van der Waals surface area contributed by atoms with Gasteiger partial charge in [0.25, 0.3) is 0 Å². The third-order valence-electron chi connectivity index (χ3n) is 8.20. The predicted molar refractivity (Wildman–Crippen MR) is 161 cm³/mol. The van der Waals surface area contributed by atoms with Crippen LogP contribution in [0.5, 0.6) is 0 Å². The molecule has 0 saturated carbocycles. The number of thioether (sulfide) groups is 1. The van der Waals surface area contributed by atoms with Crippen molar-refractivity contribution in [1.29, 1.82) is 0 Å². The minimum absolute atomic E-state index is 0.00499. The first-order chi connectivity index (χ1) is 19.9. The number of piperidine rings is 1. The van der Waals surface area contributed by atoms with Crippen LogP contribution in [0.25, 0.3) is 16.7 Å². The zero-order chi connectivity index (χ0) is 28.5. The van der Waals surface area contributed by atoms with Crippen LogP contribution in [0.3, 0.4) is 0 Å². The van der Waals surface area contributed by atoms with Crippen molar-refractivity contribution >= 4 is 34.6 Å². The molecule has 2 saturated heterocycles. The van der Waals surface area contributed by atoms with Crippen molar-refractivity contribution in [2.75, 3.05) is 19.6 Å². The molecule has 214 valence electrons. The van der Waals surface area contributed by atoms with Crippen LogP contribution in [-0.4, -0.2) is 65.8 Å². The molecule has 2 aromatic carbocycles. The molecule has 41 heavy (non-hydrogen) atoms. The van der Waals surface area contributed by atoms with Crippen LogP contribution in [0.2, 0.25) is 0 Å². The van der Waals surface area contributed by atoms with Crippen molar-refractivity contribution in [3.8, 4) is 5.69 Å². The molecule has 4 heterocycles. The molecule has 1 N–H and O–H groups in total. The number of benzene rings is 2. The molecule has 2 unspecified atom stereocenters. The molecule has 10 heteroatoms. The Morgan fingerprint density at radius 2 is 1.80 bits per heavy atom. The Hall–Kier alpha value is -3.79. The summed E-state index contributed by atoms with van der Waals surface area (Å²) in [5.41, 5.74) is 3.60. The molecule has 4 aromatic rings. The van der Waals surface area contributed by atoms with Crippen molar-refractivity contribution in [2.24, 2.45) is 5.92 Å². The number of carbonyl (C=O) groups is 2. The molecular formula is C31H36N6O3S. The van der Waals surface area contributed by atoms with Gasteiger partial charge in [-0.05, 0) is 49.4 Å². The summed E-state index contributed by atoms with van der Waals surface area (Å²) in [4.78, 5) is 46.7. The van der Waals surface area contributed by atoms with Gasteiger partial charge >= 0.3 is 5.69 Å². The number of hydrogen-bond donors (Lipinski definition) is 1. The van der Waals surface area contributed by atoms with Gasteiger partial charge in [-0.3, -0.25) is 14.2 Å². The lowest BCUT2D eigenvalue weighted by Crippen LogP contribution is -2.42. The zero-order valence-corrected chi connectivity index (χ0v) is 24.3. The molecule has 9 nitrogen and oxygen atoms in total. The largest absolute Gasteiger partial charge is 0.342 e. The number of aromatic amines is 1. The van der Waals surface area contributed by atoms with E-state index in [1.165, 1.54) is 0 Å². The van der Waals surface area contributed by atoms with E-state index in [9.17, 15) is 14.4 Å². The number of fused-ring (bicyclic) bond motifs is 1. The molecule has 2 amide bonds. The van der Waals surface area contributed by atoms with Crippen molar-refractivity contribution in [3.05, 3.63) is 83.0 Å². The zero-order valence-electron chi connectivity index (χ0n) is 23.5. The van der Waals surface area contributed by atoms with Gasteiger partial charge in [0, 0.05) is 50.1 Å². The number of imidazole rings is 1. The number of aromatic nitrogens is 4. The minimum atomic E-state index is -0.431. The number of likely N-dealkylation sites (tertiary alicyclic amines) is 1. The van der Waals surface area contributed by atoms with Crippen LogP contribution >= 0.6 is 11.8 Å². The summed E-state index contributed by atoms with van der Waals surface area (Å²) in [5.74, 6) is 0.497. The first-order valence-corrected chi connectivity index (χ1v) is 15.4. The molecule has 2 fully saturated rings. The average Bonchev–Trinajstić information content (AvgIpc) is 3.70. The van der Waals surface area contributed by atoms with Gasteiger partial charge in [-0.25, -0.2) is 9.48 Å². The smallest absolute Gasteiger partial charge is 0.326 e. The van der Waals surface area contributed by atoms with E-state index in [4.69, 9.17) is 0 Å². The second-order valence-electron chi connectivity index (χ2n) is 11.3. The fraction of sp³-hybridized carbons (Fsp3) is 0.419. The molecular weight excluding hydrogens is 536 g/mol. The second-order valence-corrected chi connectivity index (χ2v) is 12.6. The van der Waals surface area contributed by atoms with E-state index in [1.807, 2.05) is 73.8 Å².